The van der Waals surface area contributed by atoms with Crippen LogP contribution < -0.4 is 15.4 Å². The zero-order valence-electron chi connectivity index (χ0n) is 15.5. The number of hydrogen-bond acceptors (Lipinski definition) is 4. The Morgan fingerprint density at radius 1 is 1.17 bits per heavy atom. The van der Waals surface area contributed by atoms with E-state index < -0.39 is 5.82 Å². The molecule has 3 saturated carbocycles. The molecule has 3 fully saturated rings. The molecule has 0 spiro atoms. The molecule has 2 amide bonds. The summed E-state index contributed by atoms with van der Waals surface area (Å²) in [6, 6.07) is 5.69. The van der Waals surface area contributed by atoms with Crippen molar-refractivity contribution in [2.45, 2.75) is 37.3 Å². The van der Waals surface area contributed by atoms with Gasteiger partial charge in [0.1, 0.15) is 17.3 Å². The number of pyridine rings is 1. The summed E-state index contributed by atoms with van der Waals surface area (Å²) in [5.41, 5.74) is 0.431. The Kier molecular flexibility index (Phi) is 4.91. The molecule has 0 aliphatic heterocycles. The number of rotatable bonds is 6. The van der Waals surface area contributed by atoms with E-state index in [1.807, 2.05) is 0 Å². The van der Waals surface area contributed by atoms with Crippen LogP contribution in [0.3, 0.4) is 0 Å². The van der Waals surface area contributed by atoms with Gasteiger partial charge in [0.25, 0.3) is 11.8 Å². The second-order valence-electron chi connectivity index (χ2n) is 7.78. The number of nitrogens with zero attached hydrogens (tertiary/aromatic N) is 1. The van der Waals surface area contributed by atoms with E-state index in [-0.39, 0.29) is 40.3 Å². The predicted molar refractivity (Wildman–Crippen MR) is 106 cm³/mol. The molecule has 9 heteroatoms. The van der Waals surface area contributed by atoms with Crippen LogP contribution in [0, 0.1) is 12.7 Å². The summed E-state index contributed by atoms with van der Waals surface area (Å²) in [4.78, 5) is 28.7. The third-order valence-electron chi connectivity index (χ3n) is 5.33. The molecule has 152 valence electrons. The number of hydrogen-bond donors (Lipinski definition) is 2. The van der Waals surface area contributed by atoms with Crippen LogP contribution in [0.4, 0.5) is 4.39 Å². The van der Waals surface area contributed by atoms with Gasteiger partial charge in [-0.15, -0.1) is 0 Å². The van der Waals surface area contributed by atoms with Gasteiger partial charge in [-0.1, -0.05) is 23.2 Å². The van der Waals surface area contributed by atoms with E-state index in [1.54, 1.807) is 13.0 Å². The Morgan fingerprint density at radius 3 is 2.52 bits per heavy atom. The first-order valence-electron chi connectivity index (χ1n) is 9.03. The van der Waals surface area contributed by atoms with Crippen molar-refractivity contribution in [2.24, 2.45) is 0 Å². The topological polar surface area (TPSA) is 80.3 Å². The lowest BCUT2D eigenvalue weighted by molar-refractivity contribution is -0.141. The minimum absolute atomic E-state index is 0.00740. The van der Waals surface area contributed by atoms with Crippen LogP contribution in [-0.2, 0) is 4.79 Å². The van der Waals surface area contributed by atoms with E-state index in [2.05, 4.69) is 15.6 Å². The van der Waals surface area contributed by atoms with Crippen molar-refractivity contribution in [2.75, 3.05) is 6.61 Å². The maximum Gasteiger partial charge on any atom is 0.270 e. The van der Waals surface area contributed by atoms with Crippen molar-refractivity contribution in [1.82, 2.24) is 15.6 Å². The maximum absolute atomic E-state index is 13.4. The molecule has 0 radical (unpaired) electrons. The van der Waals surface area contributed by atoms with Crippen molar-refractivity contribution in [3.8, 4) is 5.75 Å². The van der Waals surface area contributed by atoms with Gasteiger partial charge in [-0.3, -0.25) is 9.59 Å². The Labute approximate surface area is 176 Å². The third-order valence-corrected chi connectivity index (χ3v) is 5.85. The smallest absolute Gasteiger partial charge is 0.270 e. The summed E-state index contributed by atoms with van der Waals surface area (Å²) in [5, 5.41) is 6.44. The van der Waals surface area contributed by atoms with Crippen molar-refractivity contribution in [3.05, 3.63) is 57.6 Å². The van der Waals surface area contributed by atoms with Gasteiger partial charge >= 0.3 is 0 Å². The second kappa shape index (κ2) is 7.15. The van der Waals surface area contributed by atoms with Crippen LogP contribution in [0.15, 0.2) is 30.5 Å². The van der Waals surface area contributed by atoms with E-state index in [9.17, 15) is 14.0 Å². The summed E-state index contributed by atoms with van der Waals surface area (Å²) in [7, 11) is 0. The summed E-state index contributed by atoms with van der Waals surface area (Å²) >= 11 is 11.5. The highest BCUT2D eigenvalue weighted by Gasteiger charge is 2.69. The number of ether oxygens (including phenoxy) is 1. The normalized spacial score (nSPS) is 24.1. The van der Waals surface area contributed by atoms with Crippen molar-refractivity contribution < 1.29 is 18.7 Å². The summed E-state index contributed by atoms with van der Waals surface area (Å²) in [6.07, 6.45) is 3.40. The molecule has 1 aromatic heterocycles. The number of nitrogens with one attached hydrogen (secondary N) is 2. The van der Waals surface area contributed by atoms with Gasteiger partial charge in [-0.05, 0) is 49.9 Å². The molecule has 0 saturated heterocycles. The van der Waals surface area contributed by atoms with Gasteiger partial charge in [-0.25, -0.2) is 9.37 Å². The summed E-state index contributed by atoms with van der Waals surface area (Å²) < 4.78 is 18.7. The lowest BCUT2D eigenvalue weighted by atomic mass is 9.44. The fraction of sp³-hybridized carbons (Fsp3) is 0.350. The van der Waals surface area contributed by atoms with Gasteiger partial charge in [0.05, 0.1) is 10.0 Å². The minimum Gasteiger partial charge on any atom is -0.484 e. The van der Waals surface area contributed by atoms with E-state index in [0.29, 0.717) is 35.5 Å². The average Bonchev–Trinajstić information content (AvgIpc) is 2.59. The Morgan fingerprint density at radius 2 is 1.86 bits per heavy atom. The quantitative estimate of drug-likeness (QED) is 0.725. The van der Waals surface area contributed by atoms with Crippen molar-refractivity contribution in [1.29, 1.82) is 0 Å². The Balaban J connectivity index is 1.26. The lowest BCUT2D eigenvalue weighted by Crippen LogP contribution is -2.84. The molecule has 0 unspecified atom stereocenters. The molecular formula is C20H18Cl2FN3O3. The highest BCUT2D eigenvalue weighted by molar-refractivity contribution is 6.31. The Hall–Kier alpha value is -2.38. The molecule has 3 aliphatic rings. The summed E-state index contributed by atoms with van der Waals surface area (Å²) in [5.74, 6) is -0.914. The highest BCUT2D eigenvalue weighted by Crippen LogP contribution is 2.60. The number of benzene rings is 1. The van der Waals surface area contributed by atoms with Crippen molar-refractivity contribution in [3.63, 3.8) is 0 Å². The second-order valence-corrected chi connectivity index (χ2v) is 8.62. The van der Waals surface area contributed by atoms with Crippen LogP contribution in [0.5, 0.6) is 5.75 Å². The van der Waals surface area contributed by atoms with E-state index in [1.165, 1.54) is 18.3 Å². The first-order valence-corrected chi connectivity index (χ1v) is 9.78. The molecule has 2 N–H and O–H groups in total. The van der Waals surface area contributed by atoms with Crippen LogP contribution in [0.25, 0.3) is 0 Å². The van der Waals surface area contributed by atoms with Gasteiger partial charge in [0.2, 0.25) is 0 Å². The van der Waals surface area contributed by atoms with Gasteiger partial charge in [0, 0.05) is 23.3 Å². The SMILES string of the molecule is Cc1cc(Cl)cnc1C(=O)NC12CC(NC(=O)COc3ccc(Cl)c(F)c3)(C1)C2. The fourth-order valence-corrected chi connectivity index (χ4v) is 4.51. The van der Waals surface area contributed by atoms with Crippen LogP contribution >= 0.6 is 23.2 Å². The summed E-state index contributed by atoms with van der Waals surface area (Å²) in [6.45, 7) is 1.56. The van der Waals surface area contributed by atoms with E-state index >= 15 is 0 Å². The molecule has 0 atom stereocenters. The highest BCUT2D eigenvalue weighted by atomic mass is 35.5. The monoisotopic (exact) mass is 437 g/mol. The first-order chi connectivity index (χ1) is 13.7. The van der Waals surface area contributed by atoms with E-state index in [4.69, 9.17) is 27.9 Å². The molecular weight excluding hydrogens is 420 g/mol. The van der Waals surface area contributed by atoms with Gasteiger partial charge < -0.3 is 15.4 Å². The largest absolute Gasteiger partial charge is 0.484 e. The molecule has 29 heavy (non-hydrogen) atoms. The lowest BCUT2D eigenvalue weighted by Gasteiger charge is -2.70. The number of carbonyl (C=O) groups is 2. The van der Waals surface area contributed by atoms with Crippen LogP contribution in [0.2, 0.25) is 10.0 Å². The number of halogens is 3. The predicted octanol–water partition coefficient (Wildman–Crippen LogP) is 3.44. The maximum atomic E-state index is 13.4. The number of amides is 2. The molecule has 2 aromatic rings. The third kappa shape index (κ3) is 3.89. The zero-order chi connectivity index (χ0) is 20.8. The first kappa shape index (κ1) is 19.9. The van der Waals surface area contributed by atoms with E-state index in [0.717, 1.165) is 6.07 Å². The van der Waals surface area contributed by atoms with Crippen LogP contribution in [0.1, 0.15) is 35.3 Å². The van der Waals surface area contributed by atoms with Gasteiger partial charge in [-0.2, -0.15) is 0 Å². The Bertz CT molecular complexity index is 995. The molecule has 1 aromatic carbocycles. The molecule has 5 rings (SSSR count). The molecule has 1 heterocycles. The molecule has 3 aliphatic carbocycles. The molecule has 6 nitrogen and oxygen atoms in total. The number of aryl methyl sites for hydroxylation is 1. The van der Waals surface area contributed by atoms with Gasteiger partial charge in [0.15, 0.2) is 6.61 Å². The minimum atomic E-state index is -0.605. The van der Waals surface area contributed by atoms with Crippen LogP contribution in [-0.4, -0.2) is 34.5 Å². The number of carbonyl (C=O) groups excluding carboxylic acids is 2. The molecule has 2 bridgehead atoms. The fourth-order valence-electron chi connectivity index (χ4n) is 4.18. The average molecular weight is 438 g/mol. The number of aromatic nitrogens is 1. The standard InChI is InChI=1S/C20H18Cl2FN3O3/c1-11-4-12(21)6-24-17(11)18(28)26-20-8-19(9-20,10-20)25-16(27)7-29-13-2-3-14(22)15(23)5-13/h2-6H,7-10H2,1H3,(H,25,27)(H,26,28). The zero-order valence-corrected chi connectivity index (χ0v) is 17.0. The van der Waals surface area contributed by atoms with Crippen molar-refractivity contribution >= 4 is 35.0 Å².